The van der Waals surface area contributed by atoms with Gasteiger partial charge in [-0.3, -0.25) is 9.69 Å². The zero-order chi connectivity index (χ0) is 21.5. The fourth-order valence-electron chi connectivity index (χ4n) is 4.80. The number of benzene rings is 1. The Hall–Kier alpha value is -2.12. The quantitative estimate of drug-likeness (QED) is 0.577. The van der Waals surface area contributed by atoms with Crippen LogP contribution < -0.4 is 5.32 Å². The normalized spacial score (nSPS) is 23.3. The number of guanidine groups is 1. The second-order valence-corrected chi connectivity index (χ2v) is 8.76. The maximum absolute atomic E-state index is 12.7. The van der Waals surface area contributed by atoms with Crippen molar-refractivity contribution in [2.24, 2.45) is 4.99 Å². The number of amides is 1. The minimum atomic E-state index is 0.161. The summed E-state index contributed by atoms with van der Waals surface area (Å²) in [6.45, 7) is 11.2. The van der Waals surface area contributed by atoms with Crippen molar-refractivity contribution in [1.82, 2.24) is 20.0 Å². The molecule has 0 spiro atoms. The third kappa shape index (κ3) is 5.77. The van der Waals surface area contributed by atoms with Gasteiger partial charge in [0, 0.05) is 57.4 Å². The van der Waals surface area contributed by atoms with E-state index in [-0.39, 0.29) is 5.91 Å². The molecular formula is C24H37N5O2. The van der Waals surface area contributed by atoms with E-state index in [0.717, 1.165) is 89.0 Å². The molecule has 3 fully saturated rings. The van der Waals surface area contributed by atoms with Gasteiger partial charge in [0.05, 0.1) is 19.8 Å². The van der Waals surface area contributed by atoms with Gasteiger partial charge in [0.25, 0.3) is 5.91 Å². The van der Waals surface area contributed by atoms with Crippen LogP contribution in [0.25, 0.3) is 0 Å². The zero-order valence-electron chi connectivity index (χ0n) is 18.9. The smallest absolute Gasteiger partial charge is 0.253 e. The van der Waals surface area contributed by atoms with Crippen LogP contribution in [0, 0.1) is 0 Å². The number of hydrogen-bond acceptors (Lipinski definition) is 4. The highest BCUT2D eigenvalue weighted by Crippen LogP contribution is 2.18. The van der Waals surface area contributed by atoms with Crippen LogP contribution in [0.5, 0.6) is 0 Å². The largest absolute Gasteiger partial charge is 0.379 e. The predicted octanol–water partition coefficient (Wildman–Crippen LogP) is 2.18. The van der Waals surface area contributed by atoms with Crippen LogP contribution >= 0.6 is 0 Å². The molecule has 1 aromatic rings. The zero-order valence-corrected chi connectivity index (χ0v) is 18.9. The van der Waals surface area contributed by atoms with Crippen LogP contribution in [-0.2, 0) is 11.3 Å². The molecule has 1 aromatic carbocycles. The molecule has 31 heavy (non-hydrogen) atoms. The highest BCUT2D eigenvalue weighted by molar-refractivity contribution is 5.94. The molecule has 0 aliphatic carbocycles. The monoisotopic (exact) mass is 427 g/mol. The summed E-state index contributed by atoms with van der Waals surface area (Å²) in [6, 6.07) is 8.60. The molecule has 1 N–H and O–H groups in total. The minimum absolute atomic E-state index is 0.161. The minimum Gasteiger partial charge on any atom is -0.379 e. The Morgan fingerprint density at radius 1 is 1.03 bits per heavy atom. The van der Waals surface area contributed by atoms with E-state index in [2.05, 4.69) is 22.0 Å². The van der Waals surface area contributed by atoms with E-state index < -0.39 is 0 Å². The standard InChI is InChI=1S/C24H37N5O2/c1-2-25-24(29-13-10-22(19-29)27-14-16-31-17-15-27)26-18-20-6-8-21(9-7-20)23(30)28-11-4-3-5-12-28/h6-9,22H,2-5,10-19H2,1H3,(H,25,26). The summed E-state index contributed by atoms with van der Waals surface area (Å²) in [4.78, 5) is 24.5. The number of carbonyl (C=O) groups is 1. The first-order valence-electron chi connectivity index (χ1n) is 12.0. The molecule has 3 aliphatic rings. The van der Waals surface area contributed by atoms with Crippen LogP contribution in [-0.4, -0.2) is 91.6 Å². The molecule has 0 bridgehead atoms. The molecular weight excluding hydrogens is 390 g/mol. The second-order valence-electron chi connectivity index (χ2n) is 8.76. The molecule has 170 valence electrons. The van der Waals surface area contributed by atoms with Gasteiger partial charge in [-0.2, -0.15) is 0 Å². The highest BCUT2D eigenvalue weighted by Gasteiger charge is 2.30. The lowest BCUT2D eigenvalue weighted by atomic mass is 10.1. The Labute approximate surface area is 186 Å². The number of ether oxygens (including phenoxy) is 1. The van der Waals surface area contributed by atoms with Gasteiger partial charge in [0.1, 0.15) is 0 Å². The Bertz CT molecular complexity index is 739. The first-order chi connectivity index (χ1) is 15.2. The number of aliphatic imine (C=N–C) groups is 1. The average Bonchev–Trinajstić information content (AvgIpc) is 3.33. The maximum Gasteiger partial charge on any atom is 0.253 e. The van der Waals surface area contributed by atoms with Crippen molar-refractivity contribution in [2.45, 2.75) is 45.2 Å². The summed E-state index contributed by atoms with van der Waals surface area (Å²) in [5, 5.41) is 3.46. The number of nitrogens with zero attached hydrogens (tertiary/aromatic N) is 4. The number of rotatable bonds is 5. The van der Waals surface area contributed by atoms with Gasteiger partial charge in [-0.1, -0.05) is 12.1 Å². The summed E-state index contributed by atoms with van der Waals surface area (Å²) in [6.07, 6.45) is 4.65. The lowest BCUT2D eigenvalue weighted by molar-refractivity contribution is 0.0195. The molecule has 1 amide bonds. The number of morpholine rings is 1. The second kappa shape index (κ2) is 11.0. The van der Waals surface area contributed by atoms with Crippen molar-refractivity contribution in [1.29, 1.82) is 0 Å². The number of carbonyl (C=O) groups excluding carboxylic acids is 1. The molecule has 3 aliphatic heterocycles. The SMILES string of the molecule is CCNC(=NCc1ccc(C(=O)N2CCCCC2)cc1)N1CCC(N2CCOCC2)C1. The van der Waals surface area contributed by atoms with E-state index in [9.17, 15) is 4.79 Å². The van der Waals surface area contributed by atoms with Crippen LogP contribution in [0.4, 0.5) is 0 Å². The fraction of sp³-hybridized carbons (Fsp3) is 0.667. The number of likely N-dealkylation sites (tertiary alicyclic amines) is 2. The van der Waals surface area contributed by atoms with Gasteiger partial charge < -0.3 is 19.9 Å². The van der Waals surface area contributed by atoms with E-state index in [0.29, 0.717) is 12.6 Å². The lowest BCUT2D eigenvalue weighted by Crippen LogP contribution is -2.46. The number of piperidine rings is 1. The summed E-state index contributed by atoms with van der Waals surface area (Å²) < 4.78 is 5.50. The number of nitrogens with one attached hydrogen (secondary N) is 1. The van der Waals surface area contributed by atoms with Gasteiger partial charge in [-0.05, 0) is 50.3 Å². The first-order valence-corrected chi connectivity index (χ1v) is 12.0. The molecule has 7 heteroatoms. The molecule has 0 aromatic heterocycles. The van der Waals surface area contributed by atoms with Crippen molar-refractivity contribution >= 4 is 11.9 Å². The topological polar surface area (TPSA) is 60.4 Å². The molecule has 7 nitrogen and oxygen atoms in total. The van der Waals surface area contributed by atoms with Crippen molar-refractivity contribution in [3.05, 3.63) is 35.4 Å². The van der Waals surface area contributed by atoms with Crippen LogP contribution in [0.2, 0.25) is 0 Å². The summed E-state index contributed by atoms with van der Waals surface area (Å²) in [5.74, 6) is 1.15. The summed E-state index contributed by atoms with van der Waals surface area (Å²) in [5.41, 5.74) is 1.92. The predicted molar refractivity (Wildman–Crippen MR) is 123 cm³/mol. The van der Waals surface area contributed by atoms with E-state index in [4.69, 9.17) is 9.73 Å². The Kier molecular flexibility index (Phi) is 7.81. The first kappa shape index (κ1) is 22.1. The Morgan fingerprint density at radius 3 is 2.48 bits per heavy atom. The number of hydrogen-bond donors (Lipinski definition) is 1. The molecule has 1 unspecified atom stereocenters. The van der Waals surface area contributed by atoms with Crippen molar-refractivity contribution in [3.63, 3.8) is 0 Å². The van der Waals surface area contributed by atoms with Crippen LogP contribution in [0.1, 0.15) is 48.5 Å². The van der Waals surface area contributed by atoms with Gasteiger partial charge in [0.2, 0.25) is 0 Å². The average molecular weight is 428 g/mol. The van der Waals surface area contributed by atoms with Gasteiger partial charge in [-0.15, -0.1) is 0 Å². The Morgan fingerprint density at radius 2 is 1.77 bits per heavy atom. The van der Waals surface area contributed by atoms with Gasteiger partial charge >= 0.3 is 0 Å². The fourth-order valence-corrected chi connectivity index (χ4v) is 4.80. The molecule has 0 saturated carbocycles. The molecule has 3 heterocycles. The lowest BCUT2D eigenvalue weighted by Gasteiger charge is -2.32. The van der Waals surface area contributed by atoms with Gasteiger partial charge in [0.15, 0.2) is 5.96 Å². The molecule has 4 rings (SSSR count). The van der Waals surface area contributed by atoms with Crippen molar-refractivity contribution < 1.29 is 9.53 Å². The van der Waals surface area contributed by atoms with Crippen molar-refractivity contribution in [2.75, 3.05) is 59.0 Å². The highest BCUT2D eigenvalue weighted by atomic mass is 16.5. The van der Waals surface area contributed by atoms with Crippen LogP contribution in [0.3, 0.4) is 0 Å². The third-order valence-electron chi connectivity index (χ3n) is 6.62. The van der Waals surface area contributed by atoms with E-state index in [1.54, 1.807) is 0 Å². The summed E-state index contributed by atoms with van der Waals surface area (Å²) in [7, 11) is 0. The molecule has 3 saturated heterocycles. The van der Waals surface area contributed by atoms with Crippen LogP contribution in [0.15, 0.2) is 29.3 Å². The summed E-state index contributed by atoms with van der Waals surface area (Å²) >= 11 is 0. The van der Waals surface area contributed by atoms with Crippen molar-refractivity contribution in [3.8, 4) is 0 Å². The third-order valence-corrected chi connectivity index (χ3v) is 6.62. The molecule has 0 radical (unpaired) electrons. The van der Waals surface area contributed by atoms with Gasteiger partial charge in [-0.25, -0.2) is 4.99 Å². The van der Waals surface area contributed by atoms with E-state index >= 15 is 0 Å². The van der Waals surface area contributed by atoms with E-state index in [1.165, 1.54) is 12.8 Å². The Balaban J connectivity index is 1.34. The maximum atomic E-state index is 12.7. The van der Waals surface area contributed by atoms with E-state index in [1.807, 2.05) is 29.2 Å². The molecule has 1 atom stereocenters.